The molecule has 6 heteroatoms. The molecule has 5 nitrogen and oxygen atoms in total. The quantitative estimate of drug-likeness (QED) is 0.921. The molecular weight excluding hydrogens is 285 g/mol. The number of halogens is 1. The fourth-order valence-electron chi connectivity index (χ4n) is 2.78. The summed E-state index contributed by atoms with van der Waals surface area (Å²) in [4.78, 5) is 19.7. The highest BCUT2D eigenvalue weighted by Gasteiger charge is 2.30. The van der Waals surface area contributed by atoms with Crippen LogP contribution in [0.3, 0.4) is 0 Å². The number of benzene rings is 1. The summed E-state index contributed by atoms with van der Waals surface area (Å²) in [5.41, 5.74) is 1.47. The molecule has 3 rings (SSSR count). The molecule has 22 heavy (non-hydrogen) atoms. The maximum atomic E-state index is 12.9. The van der Waals surface area contributed by atoms with Gasteiger partial charge in [0.2, 0.25) is 6.10 Å². The number of hydrogen-bond acceptors (Lipinski definition) is 4. The molecule has 0 bridgehead atoms. The van der Waals surface area contributed by atoms with E-state index >= 15 is 0 Å². The van der Waals surface area contributed by atoms with E-state index in [1.807, 2.05) is 0 Å². The van der Waals surface area contributed by atoms with Gasteiger partial charge in [0.1, 0.15) is 5.82 Å². The van der Waals surface area contributed by atoms with Crippen LogP contribution in [0.15, 0.2) is 29.4 Å². The summed E-state index contributed by atoms with van der Waals surface area (Å²) in [5.74, 6) is -0.407. The third-order valence-corrected chi connectivity index (χ3v) is 4.20. The van der Waals surface area contributed by atoms with Gasteiger partial charge in [0, 0.05) is 12.5 Å². The van der Waals surface area contributed by atoms with Crippen molar-refractivity contribution in [3.8, 4) is 0 Å². The van der Waals surface area contributed by atoms with E-state index in [1.165, 1.54) is 12.1 Å². The van der Waals surface area contributed by atoms with Gasteiger partial charge in [0.25, 0.3) is 5.91 Å². The van der Waals surface area contributed by atoms with E-state index in [9.17, 15) is 9.18 Å². The molecule has 2 heterocycles. The van der Waals surface area contributed by atoms with Crippen LogP contribution in [0.1, 0.15) is 24.8 Å². The van der Waals surface area contributed by atoms with Crippen molar-refractivity contribution < 1.29 is 14.0 Å². The van der Waals surface area contributed by atoms with Crippen LogP contribution >= 0.6 is 0 Å². The Balaban J connectivity index is 1.53. The Labute approximate surface area is 129 Å². The second kappa shape index (κ2) is 6.44. The van der Waals surface area contributed by atoms with Gasteiger partial charge in [0.05, 0.1) is 5.71 Å². The minimum Gasteiger partial charge on any atom is -0.382 e. The van der Waals surface area contributed by atoms with Crippen molar-refractivity contribution >= 4 is 11.6 Å². The van der Waals surface area contributed by atoms with Gasteiger partial charge in [-0.25, -0.2) is 4.39 Å². The number of nitrogens with one attached hydrogen (secondary N) is 1. The van der Waals surface area contributed by atoms with Gasteiger partial charge in [-0.15, -0.1) is 0 Å². The van der Waals surface area contributed by atoms with E-state index in [4.69, 9.17) is 4.84 Å². The molecule has 0 aliphatic carbocycles. The second-order valence-electron chi connectivity index (χ2n) is 5.93. The number of hydrogen-bond donors (Lipinski definition) is 1. The predicted molar refractivity (Wildman–Crippen MR) is 81.1 cm³/mol. The molecular formula is C16H20FN3O2. The first-order chi connectivity index (χ1) is 10.6. The van der Waals surface area contributed by atoms with Crippen molar-refractivity contribution in [2.75, 3.05) is 20.1 Å². The standard InChI is InChI=1S/C16H20FN3O2/c1-20-8-6-13(7-9-20)18-16(21)15-10-14(19-22-15)11-2-4-12(17)5-3-11/h2-5,13,15H,6-10H2,1H3,(H,18,21)/t15-/m1/s1. The Kier molecular flexibility index (Phi) is 4.38. The molecule has 1 amide bonds. The minimum absolute atomic E-state index is 0.115. The number of likely N-dealkylation sites (tertiary alicyclic amines) is 1. The largest absolute Gasteiger partial charge is 0.382 e. The first-order valence-corrected chi connectivity index (χ1v) is 7.59. The summed E-state index contributed by atoms with van der Waals surface area (Å²) in [6, 6.07) is 6.26. The van der Waals surface area contributed by atoms with Crippen LogP contribution in [0, 0.1) is 5.82 Å². The number of nitrogens with zero attached hydrogens (tertiary/aromatic N) is 2. The average molecular weight is 305 g/mol. The van der Waals surface area contributed by atoms with Gasteiger partial charge in [-0.2, -0.15) is 0 Å². The molecule has 1 fully saturated rings. The number of oxime groups is 1. The molecule has 1 atom stereocenters. The zero-order chi connectivity index (χ0) is 15.5. The zero-order valence-electron chi connectivity index (χ0n) is 12.6. The molecule has 1 N–H and O–H groups in total. The number of carbonyl (C=O) groups is 1. The molecule has 1 aromatic carbocycles. The number of amides is 1. The lowest BCUT2D eigenvalue weighted by molar-refractivity contribution is -0.132. The Morgan fingerprint density at radius 3 is 2.68 bits per heavy atom. The van der Waals surface area contributed by atoms with Crippen LogP contribution in [-0.2, 0) is 9.63 Å². The lowest BCUT2D eigenvalue weighted by Gasteiger charge is -2.29. The van der Waals surface area contributed by atoms with Crippen molar-refractivity contribution in [1.29, 1.82) is 0 Å². The Hall–Kier alpha value is -1.95. The van der Waals surface area contributed by atoms with Gasteiger partial charge in [-0.3, -0.25) is 4.79 Å². The Morgan fingerprint density at radius 1 is 1.32 bits per heavy atom. The molecule has 2 aliphatic heterocycles. The fraction of sp³-hybridized carbons (Fsp3) is 0.500. The highest BCUT2D eigenvalue weighted by atomic mass is 19.1. The lowest BCUT2D eigenvalue weighted by atomic mass is 10.0. The molecule has 2 aliphatic rings. The van der Waals surface area contributed by atoms with E-state index in [1.54, 1.807) is 12.1 Å². The van der Waals surface area contributed by atoms with E-state index in [0.717, 1.165) is 31.5 Å². The summed E-state index contributed by atoms with van der Waals surface area (Å²) in [6.07, 6.45) is 1.76. The second-order valence-corrected chi connectivity index (χ2v) is 5.93. The van der Waals surface area contributed by atoms with E-state index < -0.39 is 6.10 Å². The number of carbonyl (C=O) groups excluding carboxylic acids is 1. The van der Waals surface area contributed by atoms with Gasteiger partial charge < -0.3 is 15.1 Å². The average Bonchev–Trinajstić information content (AvgIpc) is 3.00. The van der Waals surface area contributed by atoms with Crippen molar-refractivity contribution in [3.05, 3.63) is 35.6 Å². The van der Waals surface area contributed by atoms with Crippen LogP contribution < -0.4 is 5.32 Å². The lowest BCUT2D eigenvalue weighted by Crippen LogP contribution is -2.46. The maximum absolute atomic E-state index is 12.9. The van der Waals surface area contributed by atoms with Crippen LogP contribution in [-0.4, -0.2) is 48.8 Å². The molecule has 0 unspecified atom stereocenters. The van der Waals surface area contributed by atoms with Crippen molar-refractivity contribution in [3.63, 3.8) is 0 Å². The van der Waals surface area contributed by atoms with E-state index in [2.05, 4.69) is 22.4 Å². The highest BCUT2D eigenvalue weighted by Crippen LogP contribution is 2.18. The Morgan fingerprint density at radius 2 is 2.00 bits per heavy atom. The molecule has 0 radical (unpaired) electrons. The third-order valence-electron chi connectivity index (χ3n) is 4.20. The van der Waals surface area contributed by atoms with Crippen LogP contribution in [0.2, 0.25) is 0 Å². The molecule has 118 valence electrons. The first kappa shape index (κ1) is 15.0. The molecule has 1 aromatic rings. The summed E-state index contributed by atoms with van der Waals surface area (Å²) >= 11 is 0. The molecule has 0 saturated carbocycles. The summed E-state index contributed by atoms with van der Waals surface area (Å²) in [7, 11) is 2.08. The van der Waals surface area contributed by atoms with Crippen LogP contribution in [0.4, 0.5) is 4.39 Å². The normalized spacial score (nSPS) is 23.0. The first-order valence-electron chi connectivity index (χ1n) is 7.59. The minimum atomic E-state index is -0.584. The summed E-state index contributed by atoms with van der Waals surface area (Å²) in [5, 5.41) is 7.01. The van der Waals surface area contributed by atoms with Gasteiger partial charge in [-0.05, 0) is 50.7 Å². The molecule has 0 spiro atoms. The van der Waals surface area contributed by atoms with Crippen molar-refractivity contribution in [1.82, 2.24) is 10.2 Å². The van der Waals surface area contributed by atoms with E-state index in [0.29, 0.717) is 12.1 Å². The fourth-order valence-corrected chi connectivity index (χ4v) is 2.78. The van der Waals surface area contributed by atoms with Crippen molar-refractivity contribution in [2.45, 2.75) is 31.4 Å². The molecule has 1 saturated heterocycles. The Bertz CT molecular complexity index is 565. The topological polar surface area (TPSA) is 53.9 Å². The monoisotopic (exact) mass is 305 g/mol. The van der Waals surface area contributed by atoms with Crippen LogP contribution in [0.5, 0.6) is 0 Å². The predicted octanol–water partition coefficient (Wildman–Crippen LogP) is 1.53. The zero-order valence-corrected chi connectivity index (χ0v) is 12.6. The van der Waals surface area contributed by atoms with E-state index in [-0.39, 0.29) is 17.8 Å². The van der Waals surface area contributed by atoms with Crippen LogP contribution in [0.25, 0.3) is 0 Å². The van der Waals surface area contributed by atoms with Gasteiger partial charge in [-0.1, -0.05) is 17.3 Å². The highest BCUT2D eigenvalue weighted by molar-refractivity contribution is 6.04. The summed E-state index contributed by atoms with van der Waals surface area (Å²) in [6.45, 7) is 1.99. The SMILES string of the molecule is CN1CCC(NC(=O)[C@H]2CC(c3ccc(F)cc3)=NO2)CC1. The summed E-state index contributed by atoms with van der Waals surface area (Å²) < 4.78 is 12.9. The van der Waals surface area contributed by atoms with Gasteiger partial charge in [0.15, 0.2) is 0 Å². The molecule has 0 aromatic heterocycles. The third kappa shape index (κ3) is 3.44. The number of piperidine rings is 1. The smallest absolute Gasteiger partial charge is 0.264 e. The number of rotatable bonds is 3. The van der Waals surface area contributed by atoms with Gasteiger partial charge >= 0.3 is 0 Å². The van der Waals surface area contributed by atoms with Crippen molar-refractivity contribution in [2.24, 2.45) is 5.16 Å². The maximum Gasteiger partial charge on any atom is 0.264 e.